The molecule has 148 valence electrons. The Balaban J connectivity index is 1.52. The van der Waals surface area contributed by atoms with Crippen LogP contribution in [0.2, 0.25) is 0 Å². The minimum Gasteiger partial charge on any atom is -0.481 e. The smallest absolute Gasteiger partial charge is 0.303 e. The van der Waals surface area contributed by atoms with Crippen LogP contribution >= 0.6 is 0 Å². The first kappa shape index (κ1) is 18.1. The van der Waals surface area contributed by atoms with E-state index < -0.39 is 5.97 Å². The molecule has 30 heavy (non-hydrogen) atoms. The Hall–Kier alpha value is -3.93. The zero-order chi connectivity index (χ0) is 20.5. The molecule has 3 N–H and O–H groups in total. The third kappa shape index (κ3) is 3.43. The molecule has 5 aromatic rings. The monoisotopic (exact) mass is 396 g/mol. The Morgan fingerprint density at radius 1 is 0.900 bits per heavy atom. The summed E-state index contributed by atoms with van der Waals surface area (Å²) in [6.07, 6.45) is 1.32. The number of carbonyl (C=O) groups is 1. The van der Waals surface area contributed by atoms with Crippen molar-refractivity contribution in [3.63, 3.8) is 0 Å². The van der Waals surface area contributed by atoms with Gasteiger partial charge < -0.3 is 15.4 Å². The number of anilines is 2. The molecule has 0 amide bonds. The van der Waals surface area contributed by atoms with Crippen LogP contribution in [0.25, 0.3) is 32.8 Å². The van der Waals surface area contributed by atoms with Crippen LogP contribution in [0.5, 0.6) is 0 Å². The number of hydrogen-bond acceptors (Lipinski definition) is 4. The fraction of sp³-hybridized carbons (Fsp3) is 0.125. The fourth-order valence-corrected chi connectivity index (χ4v) is 3.78. The number of aryl methyl sites for hydroxylation is 1. The number of nitrogens with zero attached hydrogens (tertiary/aromatic N) is 2. The number of hydrogen-bond donors (Lipinski definition) is 3. The van der Waals surface area contributed by atoms with Crippen molar-refractivity contribution in [2.45, 2.75) is 19.3 Å². The summed E-state index contributed by atoms with van der Waals surface area (Å²) in [6, 6.07) is 22.2. The third-order valence-electron chi connectivity index (χ3n) is 5.19. The highest BCUT2D eigenvalue weighted by atomic mass is 16.4. The highest BCUT2D eigenvalue weighted by molar-refractivity contribution is 6.08. The van der Waals surface area contributed by atoms with E-state index in [0.717, 1.165) is 50.0 Å². The summed E-state index contributed by atoms with van der Waals surface area (Å²) in [7, 11) is 0. The predicted molar refractivity (Wildman–Crippen MR) is 119 cm³/mol. The normalized spacial score (nSPS) is 11.3. The molecule has 0 aliphatic carbocycles. The second-order valence-electron chi connectivity index (χ2n) is 7.31. The number of pyridine rings is 1. The lowest BCUT2D eigenvalue weighted by Crippen LogP contribution is -1.96. The molecule has 0 atom stereocenters. The van der Waals surface area contributed by atoms with E-state index in [4.69, 9.17) is 10.1 Å². The third-order valence-corrected chi connectivity index (χ3v) is 5.19. The Morgan fingerprint density at radius 2 is 1.60 bits per heavy atom. The molecule has 6 nitrogen and oxygen atoms in total. The van der Waals surface area contributed by atoms with Crippen molar-refractivity contribution >= 4 is 50.2 Å². The van der Waals surface area contributed by atoms with Crippen LogP contribution in [0.3, 0.4) is 0 Å². The topological polar surface area (TPSA) is 90.9 Å². The largest absolute Gasteiger partial charge is 0.481 e. The summed E-state index contributed by atoms with van der Waals surface area (Å²) in [5.41, 5.74) is 5.66. The van der Waals surface area contributed by atoms with Crippen molar-refractivity contribution in [3.05, 3.63) is 72.6 Å². The van der Waals surface area contributed by atoms with Crippen LogP contribution < -0.4 is 5.32 Å². The molecule has 0 aliphatic heterocycles. The van der Waals surface area contributed by atoms with Crippen molar-refractivity contribution in [2.24, 2.45) is 0 Å². The zero-order valence-corrected chi connectivity index (χ0v) is 16.2. The van der Waals surface area contributed by atoms with E-state index in [0.29, 0.717) is 12.8 Å². The van der Waals surface area contributed by atoms with E-state index in [1.807, 2.05) is 54.6 Å². The lowest BCUT2D eigenvalue weighted by molar-refractivity contribution is -0.137. The van der Waals surface area contributed by atoms with E-state index in [1.165, 1.54) is 0 Å². The minimum absolute atomic E-state index is 0.145. The van der Waals surface area contributed by atoms with Crippen LogP contribution in [0.15, 0.2) is 66.7 Å². The summed E-state index contributed by atoms with van der Waals surface area (Å²) in [5.74, 6) is 0.0256. The van der Waals surface area contributed by atoms with Crippen molar-refractivity contribution in [3.8, 4) is 0 Å². The van der Waals surface area contributed by atoms with E-state index in [2.05, 4.69) is 27.4 Å². The molecule has 0 fully saturated rings. The molecule has 3 aromatic carbocycles. The van der Waals surface area contributed by atoms with Crippen LogP contribution in [0.4, 0.5) is 11.4 Å². The average molecular weight is 396 g/mol. The molecular formula is C24H20N4O2. The maximum Gasteiger partial charge on any atom is 0.303 e. The molecule has 0 unspecified atom stereocenters. The van der Waals surface area contributed by atoms with Gasteiger partial charge in [0.2, 0.25) is 0 Å². The molecule has 0 saturated carbocycles. The highest BCUT2D eigenvalue weighted by Gasteiger charge is 2.10. The number of benzene rings is 3. The first-order valence-electron chi connectivity index (χ1n) is 9.92. The number of aliphatic carboxylic acids is 1. The van der Waals surface area contributed by atoms with Gasteiger partial charge in [-0.25, -0.2) is 9.97 Å². The van der Waals surface area contributed by atoms with Gasteiger partial charge in [0, 0.05) is 29.3 Å². The SMILES string of the molecule is O=C(O)CCCc1nc2ccc(Nc3c4ccccc4nc4ccccc34)cc2[nH]1. The molecule has 2 aromatic heterocycles. The zero-order valence-electron chi connectivity index (χ0n) is 16.2. The van der Waals surface area contributed by atoms with E-state index in [-0.39, 0.29) is 6.42 Å². The Kier molecular flexibility index (Phi) is 4.52. The quantitative estimate of drug-likeness (QED) is 0.334. The summed E-state index contributed by atoms with van der Waals surface area (Å²) >= 11 is 0. The van der Waals surface area contributed by atoms with E-state index in [9.17, 15) is 4.79 Å². The standard InChI is InChI=1S/C24H20N4O2/c29-23(30)11-5-10-22-27-20-13-12-15(14-21(20)28-22)25-24-16-6-1-3-8-18(16)26-19-9-4-2-7-17(19)24/h1-4,6-9,12-14H,5,10-11H2,(H,25,26)(H,27,28)(H,29,30). The van der Waals surface area contributed by atoms with Crippen molar-refractivity contribution in [1.29, 1.82) is 0 Å². The van der Waals surface area contributed by atoms with Gasteiger partial charge in [0.15, 0.2) is 0 Å². The van der Waals surface area contributed by atoms with Gasteiger partial charge in [-0.05, 0) is 36.8 Å². The molecule has 5 rings (SSSR count). The molecule has 6 heteroatoms. The Morgan fingerprint density at radius 3 is 2.30 bits per heavy atom. The number of fused-ring (bicyclic) bond motifs is 3. The van der Waals surface area contributed by atoms with Crippen molar-refractivity contribution in [2.75, 3.05) is 5.32 Å². The molecular weight excluding hydrogens is 376 g/mol. The van der Waals surface area contributed by atoms with Crippen molar-refractivity contribution in [1.82, 2.24) is 15.0 Å². The average Bonchev–Trinajstić information content (AvgIpc) is 3.15. The Labute approximate surface area is 172 Å². The number of rotatable bonds is 6. The summed E-state index contributed by atoms with van der Waals surface area (Å²) in [6.45, 7) is 0. The molecule has 0 aliphatic rings. The predicted octanol–water partition coefficient (Wildman–Crippen LogP) is 5.42. The number of aromatic amines is 1. The first-order chi connectivity index (χ1) is 14.7. The van der Waals surface area contributed by atoms with Crippen LogP contribution in [0, 0.1) is 0 Å². The van der Waals surface area contributed by atoms with Gasteiger partial charge >= 0.3 is 5.97 Å². The van der Waals surface area contributed by atoms with Gasteiger partial charge in [-0.2, -0.15) is 0 Å². The molecule has 0 saturated heterocycles. The van der Waals surface area contributed by atoms with E-state index in [1.54, 1.807) is 0 Å². The minimum atomic E-state index is -0.783. The maximum atomic E-state index is 10.7. The number of imidazole rings is 1. The van der Waals surface area contributed by atoms with Gasteiger partial charge in [-0.15, -0.1) is 0 Å². The Bertz CT molecular complexity index is 1340. The first-order valence-corrected chi connectivity index (χ1v) is 9.92. The summed E-state index contributed by atoms with van der Waals surface area (Å²) in [5, 5.41) is 14.5. The summed E-state index contributed by atoms with van der Waals surface area (Å²) in [4.78, 5) is 23.4. The molecule has 0 spiro atoms. The number of nitrogens with one attached hydrogen (secondary N) is 2. The van der Waals surface area contributed by atoms with Gasteiger partial charge in [0.05, 0.1) is 27.8 Å². The fourth-order valence-electron chi connectivity index (χ4n) is 3.78. The van der Waals surface area contributed by atoms with Gasteiger partial charge in [-0.3, -0.25) is 4.79 Å². The number of carboxylic acids is 1. The van der Waals surface area contributed by atoms with Gasteiger partial charge in [0.25, 0.3) is 0 Å². The van der Waals surface area contributed by atoms with E-state index >= 15 is 0 Å². The number of H-pyrrole nitrogens is 1. The second kappa shape index (κ2) is 7.48. The maximum absolute atomic E-state index is 10.7. The van der Waals surface area contributed by atoms with Crippen LogP contribution in [-0.2, 0) is 11.2 Å². The van der Waals surface area contributed by atoms with Crippen molar-refractivity contribution < 1.29 is 9.90 Å². The number of para-hydroxylation sites is 2. The van der Waals surface area contributed by atoms with Gasteiger partial charge in [-0.1, -0.05) is 36.4 Å². The second-order valence-corrected chi connectivity index (χ2v) is 7.31. The molecule has 0 bridgehead atoms. The summed E-state index contributed by atoms with van der Waals surface area (Å²) < 4.78 is 0. The lowest BCUT2D eigenvalue weighted by Gasteiger charge is -2.13. The highest BCUT2D eigenvalue weighted by Crippen LogP contribution is 2.33. The van der Waals surface area contributed by atoms with Crippen LogP contribution in [0.1, 0.15) is 18.7 Å². The lowest BCUT2D eigenvalue weighted by atomic mass is 10.1. The number of carboxylic acid groups (broad SMARTS) is 1. The van der Waals surface area contributed by atoms with Gasteiger partial charge in [0.1, 0.15) is 5.82 Å². The molecule has 0 radical (unpaired) electrons. The number of aromatic nitrogens is 3. The van der Waals surface area contributed by atoms with Crippen LogP contribution in [-0.4, -0.2) is 26.0 Å². The molecule has 2 heterocycles.